The number of aromatic nitrogens is 2. The molecule has 1 heterocycles. The van der Waals surface area contributed by atoms with Gasteiger partial charge in [0.1, 0.15) is 12.4 Å². The fourth-order valence-electron chi connectivity index (χ4n) is 3.00. The van der Waals surface area contributed by atoms with E-state index in [-0.39, 0.29) is 10.7 Å². The molecule has 1 N–H and O–H groups in total. The van der Waals surface area contributed by atoms with Crippen molar-refractivity contribution in [1.82, 2.24) is 9.78 Å². The molecule has 2 aromatic carbocycles. The minimum atomic E-state index is -0.396. The molecule has 28 heavy (non-hydrogen) atoms. The van der Waals surface area contributed by atoms with Crippen LogP contribution >= 0.6 is 12.2 Å². The monoisotopic (exact) mass is 404 g/mol. The number of halogens is 1. The van der Waals surface area contributed by atoms with Gasteiger partial charge in [0.05, 0.1) is 26.8 Å². The molecule has 6 nitrogen and oxygen atoms in total. The van der Waals surface area contributed by atoms with E-state index < -0.39 is 5.82 Å². The molecule has 0 bridgehead atoms. The largest absolute Gasteiger partial charge is 0.493 e. The van der Waals surface area contributed by atoms with Crippen LogP contribution in [0.4, 0.5) is 4.39 Å². The van der Waals surface area contributed by atoms with Crippen molar-refractivity contribution in [2.24, 2.45) is 0 Å². The Kier molecular flexibility index (Phi) is 6.11. The standard InChI is InChI=1S/C20H22FN3O3S/c1-13-9-17(25-3)18(26-4)10-14(13)11-23(2)12-24-20(28)27-19(22-24)15-7-5-6-8-16(15)21/h5-10H,11-12H2,1-4H3/p+1. The molecule has 0 radical (unpaired) electrons. The molecular formula is C20H23FN3O3S+. The van der Waals surface area contributed by atoms with E-state index in [9.17, 15) is 4.39 Å². The Morgan fingerprint density at radius 2 is 1.86 bits per heavy atom. The second-order valence-electron chi connectivity index (χ2n) is 6.58. The Bertz CT molecular complexity index is 1030. The van der Waals surface area contributed by atoms with Crippen LogP contribution in [-0.4, -0.2) is 31.0 Å². The van der Waals surface area contributed by atoms with Crippen molar-refractivity contribution in [1.29, 1.82) is 0 Å². The van der Waals surface area contributed by atoms with Crippen LogP contribution in [0.3, 0.4) is 0 Å². The van der Waals surface area contributed by atoms with Crippen molar-refractivity contribution in [3.05, 3.63) is 58.2 Å². The number of ether oxygens (including phenoxy) is 2. The molecule has 0 aliphatic rings. The molecule has 1 atom stereocenters. The van der Waals surface area contributed by atoms with Crippen molar-refractivity contribution in [3.63, 3.8) is 0 Å². The Balaban J connectivity index is 1.78. The molecule has 1 aromatic heterocycles. The Morgan fingerprint density at radius 1 is 1.18 bits per heavy atom. The molecule has 8 heteroatoms. The first-order chi connectivity index (χ1) is 13.4. The van der Waals surface area contributed by atoms with E-state index in [0.29, 0.717) is 23.7 Å². The lowest BCUT2D eigenvalue weighted by molar-refractivity contribution is -0.917. The molecule has 0 aliphatic heterocycles. The van der Waals surface area contributed by atoms with E-state index in [4.69, 9.17) is 26.1 Å². The summed E-state index contributed by atoms with van der Waals surface area (Å²) in [7, 11) is 5.26. The predicted molar refractivity (Wildman–Crippen MR) is 106 cm³/mol. The van der Waals surface area contributed by atoms with Gasteiger partial charge < -0.3 is 18.8 Å². The second kappa shape index (κ2) is 8.53. The molecule has 0 saturated heterocycles. The van der Waals surface area contributed by atoms with Crippen LogP contribution in [0.25, 0.3) is 11.5 Å². The predicted octanol–water partition coefficient (Wildman–Crippen LogP) is 3.01. The van der Waals surface area contributed by atoms with E-state index >= 15 is 0 Å². The summed E-state index contributed by atoms with van der Waals surface area (Å²) in [5.41, 5.74) is 2.52. The van der Waals surface area contributed by atoms with Crippen LogP contribution in [0.5, 0.6) is 11.5 Å². The molecule has 0 spiro atoms. The number of rotatable bonds is 7. The van der Waals surface area contributed by atoms with Crippen molar-refractivity contribution in [3.8, 4) is 23.0 Å². The van der Waals surface area contributed by atoms with Crippen LogP contribution in [-0.2, 0) is 13.2 Å². The minimum absolute atomic E-state index is 0.179. The fourth-order valence-corrected chi connectivity index (χ4v) is 3.18. The quantitative estimate of drug-likeness (QED) is 0.614. The lowest BCUT2D eigenvalue weighted by atomic mass is 10.1. The van der Waals surface area contributed by atoms with E-state index in [2.05, 4.69) is 5.10 Å². The summed E-state index contributed by atoms with van der Waals surface area (Å²) >= 11 is 5.26. The first kappa shape index (κ1) is 20.0. The second-order valence-corrected chi connectivity index (χ2v) is 6.93. The maximum absolute atomic E-state index is 14.0. The zero-order chi connectivity index (χ0) is 20.3. The van der Waals surface area contributed by atoms with Crippen LogP contribution in [0.2, 0.25) is 0 Å². The van der Waals surface area contributed by atoms with Gasteiger partial charge in [0.15, 0.2) is 18.2 Å². The molecule has 3 aromatic rings. The van der Waals surface area contributed by atoms with Crippen molar-refractivity contribution < 1.29 is 23.2 Å². The molecule has 148 valence electrons. The number of benzene rings is 2. The zero-order valence-corrected chi connectivity index (χ0v) is 17.1. The number of methoxy groups -OCH3 is 2. The Hall–Kier alpha value is -2.71. The first-order valence-electron chi connectivity index (χ1n) is 8.78. The van der Waals surface area contributed by atoms with Gasteiger partial charge in [-0.05, 0) is 49.0 Å². The van der Waals surface area contributed by atoms with Gasteiger partial charge in [-0.1, -0.05) is 12.1 Å². The molecular weight excluding hydrogens is 381 g/mol. The number of nitrogens with zero attached hydrogens (tertiary/aromatic N) is 2. The number of hydrogen-bond acceptors (Lipinski definition) is 5. The average Bonchev–Trinajstić information content (AvgIpc) is 3.03. The van der Waals surface area contributed by atoms with Gasteiger partial charge in [0.2, 0.25) is 5.89 Å². The van der Waals surface area contributed by atoms with E-state index in [0.717, 1.165) is 22.6 Å². The lowest BCUT2D eigenvalue weighted by Crippen LogP contribution is -3.07. The van der Waals surface area contributed by atoms with Gasteiger partial charge in [0.25, 0.3) is 4.84 Å². The summed E-state index contributed by atoms with van der Waals surface area (Å²) in [6.45, 7) is 3.23. The lowest BCUT2D eigenvalue weighted by Gasteiger charge is -2.17. The molecule has 3 rings (SSSR count). The topological polar surface area (TPSA) is 53.9 Å². The van der Waals surface area contributed by atoms with E-state index in [1.54, 1.807) is 37.1 Å². The molecule has 0 aliphatic carbocycles. The highest BCUT2D eigenvalue weighted by Crippen LogP contribution is 2.30. The third-order valence-corrected chi connectivity index (χ3v) is 4.76. The fraction of sp³-hybridized carbons (Fsp3) is 0.300. The summed E-state index contributed by atoms with van der Waals surface area (Å²) in [6, 6.07) is 10.3. The molecule has 0 amide bonds. The van der Waals surface area contributed by atoms with E-state index in [1.165, 1.54) is 6.07 Å². The van der Waals surface area contributed by atoms with Crippen LogP contribution in [0, 0.1) is 17.6 Å². The van der Waals surface area contributed by atoms with Gasteiger partial charge >= 0.3 is 0 Å². The van der Waals surface area contributed by atoms with Crippen molar-refractivity contribution in [2.75, 3.05) is 21.3 Å². The summed E-state index contributed by atoms with van der Waals surface area (Å²) in [6.07, 6.45) is 0. The first-order valence-corrected chi connectivity index (χ1v) is 9.19. The normalized spacial score (nSPS) is 12.0. The molecule has 1 unspecified atom stereocenters. The maximum atomic E-state index is 14.0. The summed E-state index contributed by atoms with van der Waals surface area (Å²) < 4.78 is 31.8. The summed E-state index contributed by atoms with van der Waals surface area (Å²) in [5.74, 6) is 1.18. The number of hydrogen-bond donors (Lipinski definition) is 1. The summed E-state index contributed by atoms with van der Waals surface area (Å²) in [5, 5.41) is 4.35. The number of nitrogens with one attached hydrogen (secondary N) is 1. The molecule has 0 fully saturated rings. The van der Waals surface area contributed by atoms with Gasteiger partial charge in [-0.25, -0.2) is 4.39 Å². The number of quaternary nitrogens is 1. The van der Waals surface area contributed by atoms with Crippen molar-refractivity contribution in [2.45, 2.75) is 20.1 Å². The van der Waals surface area contributed by atoms with Crippen molar-refractivity contribution >= 4 is 12.2 Å². The van der Waals surface area contributed by atoms with Gasteiger partial charge in [0, 0.05) is 5.56 Å². The Morgan fingerprint density at radius 3 is 2.54 bits per heavy atom. The third-order valence-electron chi connectivity index (χ3n) is 4.46. The van der Waals surface area contributed by atoms with Gasteiger partial charge in [-0.15, -0.1) is 5.10 Å². The third kappa shape index (κ3) is 4.23. The SMILES string of the molecule is COc1cc(C)c(C[NH+](C)Cn2nc(-c3ccccc3F)oc2=S)cc1OC. The maximum Gasteiger partial charge on any atom is 0.292 e. The number of aryl methyl sites for hydroxylation is 1. The van der Waals surface area contributed by atoms with Gasteiger partial charge in [-0.3, -0.25) is 0 Å². The van der Waals surface area contributed by atoms with Crippen LogP contribution in [0.15, 0.2) is 40.8 Å². The van der Waals surface area contributed by atoms with Gasteiger partial charge in [-0.2, -0.15) is 4.68 Å². The summed E-state index contributed by atoms with van der Waals surface area (Å²) in [4.78, 5) is 1.33. The van der Waals surface area contributed by atoms with Crippen LogP contribution in [0.1, 0.15) is 11.1 Å². The van der Waals surface area contributed by atoms with Crippen LogP contribution < -0.4 is 14.4 Å². The highest BCUT2D eigenvalue weighted by molar-refractivity contribution is 7.71. The molecule has 0 saturated carbocycles. The van der Waals surface area contributed by atoms with E-state index in [1.807, 2.05) is 26.1 Å². The highest BCUT2D eigenvalue weighted by atomic mass is 32.1. The smallest absolute Gasteiger partial charge is 0.292 e. The zero-order valence-electron chi connectivity index (χ0n) is 16.3. The average molecular weight is 404 g/mol. The minimum Gasteiger partial charge on any atom is -0.493 e. The Labute approximate surface area is 168 Å². The highest BCUT2D eigenvalue weighted by Gasteiger charge is 2.16.